The summed E-state index contributed by atoms with van der Waals surface area (Å²) in [6, 6.07) is 17.0. The molecule has 0 saturated carbocycles. The van der Waals surface area contributed by atoms with Gasteiger partial charge in [-0.15, -0.1) is 0 Å². The van der Waals surface area contributed by atoms with Gasteiger partial charge in [-0.2, -0.15) is 0 Å². The number of nitrogens with one attached hydrogen (secondary N) is 1. The summed E-state index contributed by atoms with van der Waals surface area (Å²) >= 11 is 0. The van der Waals surface area contributed by atoms with Gasteiger partial charge in [0.1, 0.15) is 0 Å². The molecule has 1 heterocycles. The van der Waals surface area contributed by atoms with E-state index >= 15 is 0 Å². The molecule has 0 bridgehead atoms. The number of piperazine rings is 1. The van der Waals surface area contributed by atoms with Gasteiger partial charge >= 0.3 is 0 Å². The van der Waals surface area contributed by atoms with Crippen LogP contribution in [0.25, 0.3) is 0 Å². The second kappa shape index (κ2) is 10.2. The van der Waals surface area contributed by atoms with Crippen molar-refractivity contribution in [3.63, 3.8) is 0 Å². The van der Waals surface area contributed by atoms with Crippen LogP contribution in [-0.2, 0) is 19.5 Å². The van der Waals surface area contributed by atoms with E-state index in [1.165, 1.54) is 29.8 Å². The predicted molar refractivity (Wildman–Crippen MR) is 119 cm³/mol. The lowest BCUT2D eigenvalue weighted by molar-refractivity contribution is 0.132. The quantitative estimate of drug-likeness (QED) is 0.572. The van der Waals surface area contributed by atoms with Crippen molar-refractivity contribution in [3.8, 4) is 0 Å². The van der Waals surface area contributed by atoms with Crippen molar-refractivity contribution < 1.29 is 0 Å². The summed E-state index contributed by atoms with van der Waals surface area (Å²) in [5.41, 5.74) is 10.9. The Balaban J connectivity index is 1.49. The van der Waals surface area contributed by atoms with Crippen LogP contribution >= 0.6 is 0 Å². The zero-order chi connectivity index (χ0) is 19.8. The topological polar surface area (TPSA) is 56.9 Å². The van der Waals surface area contributed by atoms with Gasteiger partial charge in [-0.05, 0) is 41.8 Å². The molecule has 0 aromatic heterocycles. The molecule has 0 spiro atoms. The monoisotopic (exact) mass is 379 g/mol. The molecule has 0 unspecified atom stereocenters. The summed E-state index contributed by atoms with van der Waals surface area (Å²) in [7, 11) is 0. The van der Waals surface area contributed by atoms with Crippen LogP contribution in [0.15, 0.2) is 53.5 Å². The highest BCUT2D eigenvalue weighted by atomic mass is 15.3. The third-order valence-electron chi connectivity index (χ3n) is 5.38. The summed E-state index contributed by atoms with van der Waals surface area (Å²) in [4.78, 5) is 9.52. The number of guanidine groups is 1. The zero-order valence-corrected chi connectivity index (χ0v) is 17.2. The highest BCUT2D eigenvalue weighted by Crippen LogP contribution is 2.12. The Morgan fingerprint density at radius 3 is 2.29 bits per heavy atom. The Morgan fingerprint density at radius 2 is 1.61 bits per heavy atom. The fourth-order valence-electron chi connectivity index (χ4n) is 3.50. The van der Waals surface area contributed by atoms with Gasteiger partial charge in [-0.3, -0.25) is 4.90 Å². The molecule has 3 N–H and O–H groups in total. The molecule has 0 radical (unpaired) electrons. The third-order valence-corrected chi connectivity index (χ3v) is 5.38. The van der Waals surface area contributed by atoms with Crippen molar-refractivity contribution in [1.29, 1.82) is 0 Å². The van der Waals surface area contributed by atoms with Crippen LogP contribution in [-0.4, -0.2) is 48.5 Å². The molecule has 3 rings (SSSR count). The molecule has 150 valence electrons. The number of likely N-dealkylation sites (N-methyl/N-ethyl adjacent to an activating group) is 1. The van der Waals surface area contributed by atoms with Crippen LogP contribution in [0.5, 0.6) is 0 Å². The van der Waals surface area contributed by atoms with E-state index < -0.39 is 0 Å². The maximum atomic E-state index is 6.05. The second-order valence-electron chi connectivity index (χ2n) is 7.41. The number of aliphatic imine (C=N–C) groups is 1. The first-order valence-electron chi connectivity index (χ1n) is 10.3. The third kappa shape index (κ3) is 6.08. The molecule has 2 aromatic rings. The number of hydrogen-bond acceptors (Lipinski definition) is 3. The number of aryl methyl sites for hydroxylation is 1. The minimum atomic E-state index is 0.450. The first kappa shape index (κ1) is 20.4. The molecule has 28 heavy (non-hydrogen) atoms. The van der Waals surface area contributed by atoms with E-state index in [0.717, 1.165) is 38.3 Å². The number of nitrogens with two attached hydrogens (primary N) is 1. The van der Waals surface area contributed by atoms with Gasteiger partial charge in [0.15, 0.2) is 5.96 Å². The van der Waals surface area contributed by atoms with Gasteiger partial charge in [0.2, 0.25) is 0 Å². The smallest absolute Gasteiger partial charge is 0.193 e. The van der Waals surface area contributed by atoms with Gasteiger partial charge in [0.05, 0.1) is 6.54 Å². The lowest BCUT2D eigenvalue weighted by Gasteiger charge is -2.34. The van der Waals surface area contributed by atoms with Crippen LogP contribution in [0.3, 0.4) is 0 Å². The van der Waals surface area contributed by atoms with Gasteiger partial charge in [-0.25, -0.2) is 4.99 Å². The summed E-state index contributed by atoms with van der Waals surface area (Å²) < 4.78 is 0. The van der Waals surface area contributed by atoms with Crippen LogP contribution in [0.1, 0.15) is 30.5 Å². The maximum absolute atomic E-state index is 6.05. The molecule has 0 amide bonds. The molecule has 0 aliphatic carbocycles. The van der Waals surface area contributed by atoms with Crippen molar-refractivity contribution in [2.45, 2.75) is 33.4 Å². The van der Waals surface area contributed by atoms with E-state index in [9.17, 15) is 0 Å². The Hall–Kier alpha value is -2.37. The summed E-state index contributed by atoms with van der Waals surface area (Å²) in [6.45, 7) is 11.8. The number of anilines is 1. The first-order chi connectivity index (χ1) is 13.7. The fraction of sp³-hybridized carbons (Fsp3) is 0.435. The van der Waals surface area contributed by atoms with Crippen molar-refractivity contribution in [2.24, 2.45) is 10.7 Å². The summed E-state index contributed by atoms with van der Waals surface area (Å²) in [6.07, 6.45) is 1.01. The fourth-order valence-corrected chi connectivity index (χ4v) is 3.50. The Bertz CT molecular complexity index is 761. The number of benzene rings is 2. The van der Waals surface area contributed by atoms with E-state index in [2.05, 4.69) is 70.4 Å². The molecule has 1 aliphatic rings. The minimum Gasteiger partial charge on any atom is -0.370 e. The highest BCUT2D eigenvalue weighted by molar-refractivity contribution is 5.92. The van der Waals surface area contributed by atoms with Gasteiger partial charge < -0.3 is 16.0 Å². The minimum absolute atomic E-state index is 0.450. The van der Waals surface area contributed by atoms with Crippen LogP contribution in [0.2, 0.25) is 0 Å². The predicted octanol–water partition coefficient (Wildman–Crippen LogP) is 3.31. The molecule has 1 aliphatic heterocycles. The molecule has 5 nitrogen and oxygen atoms in total. The molecular weight excluding hydrogens is 346 g/mol. The normalized spacial score (nSPS) is 16.3. The van der Waals surface area contributed by atoms with E-state index in [-0.39, 0.29) is 0 Å². The van der Waals surface area contributed by atoms with Gasteiger partial charge in [0.25, 0.3) is 0 Å². The number of hydrogen-bond donors (Lipinski definition) is 2. The summed E-state index contributed by atoms with van der Waals surface area (Å²) in [5, 5.41) is 3.18. The number of rotatable bonds is 7. The van der Waals surface area contributed by atoms with E-state index in [0.29, 0.717) is 12.5 Å². The van der Waals surface area contributed by atoms with Crippen molar-refractivity contribution in [3.05, 3.63) is 65.2 Å². The Morgan fingerprint density at radius 1 is 0.929 bits per heavy atom. The van der Waals surface area contributed by atoms with E-state index in [1.807, 2.05) is 12.1 Å². The molecular formula is C23H33N5. The first-order valence-corrected chi connectivity index (χ1v) is 10.3. The second-order valence-corrected chi connectivity index (χ2v) is 7.41. The Kier molecular flexibility index (Phi) is 7.46. The molecule has 2 aromatic carbocycles. The van der Waals surface area contributed by atoms with Gasteiger partial charge in [-0.1, -0.05) is 50.2 Å². The van der Waals surface area contributed by atoms with Crippen molar-refractivity contribution >= 4 is 11.6 Å². The van der Waals surface area contributed by atoms with Crippen LogP contribution in [0.4, 0.5) is 5.69 Å². The van der Waals surface area contributed by atoms with Crippen LogP contribution in [0, 0.1) is 0 Å². The molecule has 1 saturated heterocycles. The number of nitrogens with zero attached hydrogens (tertiary/aromatic N) is 3. The lowest BCUT2D eigenvalue weighted by Crippen LogP contribution is -2.45. The highest BCUT2D eigenvalue weighted by Gasteiger charge is 2.15. The van der Waals surface area contributed by atoms with Gasteiger partial charge in [0, 0.05) is 38.4 Å². The standard InChI is InChI=1S/C23H33N5/c1-3-19-6-5-7-22(16-19)26-23(24)25-17-20-8-10-21(11-9-20)18-28-14-12-27(4-2)13-15-28/h5-11,16H,3-4,12-15,17-18H2,1-2H3,(H3,24,25,26). The van der Waals surface area contributed by atoms with E-state index in [4.69, 9.17) is 5.73 Å². The largest absolute Gasteiger partial charge is 0.370 e. The maximum Gasteiger partial charge on any atom is 0.193 e. The Labute approximate surface area is 169 Å². The molecule has 5 heteroatoms. The van der Waals surface area contributed by atoms with Crippen LogP contribution < -0.4 is 11.1 Å². The summed E-state index contributed by atoms with van der Waals surface area (Å²) in [5.74, 6) is 0.450. The molecule has 1 fully saturated rings. The average molecular weight is 380 g/mol. The zero-order valence-electron chi connectivity index (χ0n) is 17.2. The lowest BCUT2D eigenvalue weighted by atomic mass is 10.1. The molecule has 0 atom stereocenters. The van der Waals surface area contributed by atoms with E-state index in [1.54, 1.807) is 0 Å². The average Bonchev–Trinajstić information content (AvgIpc) is 2.74. The van der Waals surface area contributed by atoms with Crippen molar-refractivity contribution in [2.75, 3.05) is 38.0 Å². The van der Waals surface area contributed by atoms with Crippen molar-refractivity contribution in [1.82, 2.24) is 9.80 Å². The SMILES string of the molecule is CCc1cccc(NC(N)=NCc2ccc(CN3CCN(CC)CC3)cc2)c1.